The number of hydrogen-bond donors (Lipinski definition) is 1. The van der Waals surface area contributed by atoms with Crippen LogP contribution < -0.4 is 5.32 Å². The van der Waals surface area contributed by atoms with Crippen molar-refractivity contribution in [3.8, 4) is 0 Å². The summed E-state index contributed by atoms with van der Waals surface area (Å²) in [5.41, 5.74) is 1.77. The predicted molar refractivity (Wildman–Crippen MR) is 52.6 cm³/mol. The van der Waals surface area contributed by atoms with Crippen LogP contribution in [0.5, 0.6) is 0 Å². The van der Waals surface area contributed by atoms with E-state index >= 15 is 0 Å². The van der Waals surface area contributed by atoms with Gasteiger partial charge in [-0.25, -0.2) is 0 Å². The summed E-state index contributed by atoms with van der Waals surface area (Å²) in [7, 11) is 0. The normalized spacial score (nSPS) is 12.2. The minimum atomic E-state index is 0.378. The molecule has 0 aromatic carbocycles. The van der Waals surface area contributed by atoms with Gasteiger partial charge in [0.25, 0.3) is 0 Å². The van der Waals surface area contributed by atoms with Crippen LogP contribution in [-0.4, -0.2) is 11.4 Å². The summed E-state index contributed by atoms with van der Waals surface area (Å²) in [6.45, 7) is 4.20. The maximum Gasteiger partial charge on any atom is 0.211 e. The second-order valence-corrected chi connectivity index (χ2v) is 3.01. The van der Waals surface area contributed by atoms with Crippen LogP contribution in [0.1, 0.15) is 31.9 Å². The molecule has 0 saturated heterocycles. The largest absolute Gasteiger partial charge is 0.327 e. The number of nitrogens with one attached hydrogen (secondary N) is 1. The smallest absolute Gasteiger partial charge is 0.211 e. The van der Waals surface area contributed by atoms with Crippen molar-refractivity contribution in [2.24, 2.45) is 0 Å². The number of carbonyl (C=O) groups is 1. The van der Waals surface area contributed by atoms with Crippen molar-refractivity contribution in [1.82, 2.24) is 4.98 Å². The summed E-state index contributed by atoms with van der Waals surface area (Å²) in [6.07, 6.45) is 3.45. The van der Waals surface area contributed by atoms with E-state index in [4.69, 9.17) is 0 Å². The number of aromatic nitrogens is 1. The number of hydrogen-bond acceptors (Lipinski definition) is 2. The van der Waals surface area contributed by atoms with Gasteiger partial charge >= 0.3 is 0 Å². The fraction of sp³-hybridized carbons (Fsp3) is 0.400. The summed E-state index contributed by atoms with van der Waals surface area (Å²) >= 11 is 0. The molecule has 0 saturated carbocycles. The lowest BCUT2D eigenvalue weighted by Gasteiger charge is -2.11. The molecule has 0 aliphatic heterocycles. The van der Waals surface area contributed by atoms with Gasteiger partial charge in [-0.2, -0.15) is 0 Å². The molecular formula is C10H14N2O. The molecule has 1 aromatic heterocycles. The molecule has 1 amide bonds. The highest BCUT2D eigenvalue weighted by Gasteiger charge is 2.08. The summed E-state index contributed by atoms with van der Waals surface area (Å²) in [5.74, 6) is 0.378. The Hall–Kier alpha value is -1.38. The van der Waals surface area contributed by atoms with Crippen LogP contribution in [0.25, 0.3) is 0 Å². The third kappa shape index (κ3) is 2.28. The van der Waals surface area contributed by atoms with Crippen molar-refractivity contribution >= 4 is 12.1 Å². The first-order valence-corrected chi connectivity index (χ1v) is 4.44. The third-order valence-electron chi connectivity index (χ3n) is 2.13. The Bertz CT molecular complexity index is 286. The lowest BCUT2D eigenvalue weighted by Crippen LogP contribution is -2.03. The Balaban J connectivity index is 2.96. The number of rotatable bonds is 4. The van der Waals surface area contributed by atoms with Crippen LogP contribution in [0.4, 0.5) is 5.69 Å². The van der Waals surface area contributed by atoms with Crippen molar-refractivity contribution in [2.75, 3.05) is 5.32 Å². The maximum absolute atomic E-state index is 10.3. The van der Waals surface area contributed by atoms with Gasteiger partial charge in [0.15, 0.2) is 0 Å². The van der Waals surface area contributed by atoms with E-state index in [0.717, 1.165) is 17.8 Å². The maximum atomic E-state index is 10.3. The highest BCUT2D eigenvalue weighted by Crippen LogP contribution is 2.23. The molecule has 1 atom stereocenters. The van der Waals surface area contributed by atoms with Crippen molar-refractivity contribution < 1.29 is 4.79 Å². The topological polar surface area (TPSA) is 42.0 Å². The molecular weight excluding hydrogens is 164 g/mol. The number of pyridine rings is 1. The monoisotopic (exact) mass is 178 g/mol. The van der Waals surface area contributed by atoms with E-state index in [0.29, 0.717) is 12.3 Å². The molecule has 13 heavy (non-hydrogen) atoms. The third-order valence-corrected chi connectivity index (χ3v) is 2.13. The van der Waals surface area contributed by atoms with E-state index < -0.39 is 0 Å². The van der Waals surface area contributed by atoms with Crippen LogP contribution in [0.15, 0.2) is 18.3 Å². The predicted octanol–water partition coefficient (Wildman–Crippen LogP) is 2.16. The number of amides is 1. The van der Waals surface area contributed by atoms with Crippen molar-refractivity contribution in [3.05, 3.63) is 24.0 Å². The van der Waals surface area contributed by atoms with Crippen molar-refractivity contribution in [1.29, 1.82) is 0 Å². The molecule has 0 aliphatic carbocycles. The molecule has 0 radical (unpaired) electrons. The number of carbonyl (C=O) groups excluding carboxylic acids is 1. The van der Waals surface area contributed by atoms with Crippen molar-refractivity contribution in [2.45, 2.75) is 26.2 Å². The van der Waals surface area contributed by atoms with Gasteiger partial charge in [-0.3, -0.25) is 9.78 Å². The number of anilines is 1. The minimum Gasteiger partial charge on any atom is -0.327 e. The van der Waals surface area contributed by atoms with E-state index in [1.165, 1.54) is 0 Å². The second kappa shape index (κ2) is 4.60. The Morgan fingerprint density at radius 2 is 2.46 bits per heavy atom. The van der Waals surface area contributed by atoms with E-state index in [-0.39, 0.29) is 0 Å². The molecule has 0 fully saturated rings. The van der Waals surface area contributed by atoms with Gasteiger partial charge in [-0.05, 0) is 18.6 Å². The minimum absolute atomic E-state index is 0.378. The summed E-state index contributed by atoms with van der Waals surface area (Å²) in [6, 6.07) is 3.68. The van der Waals surface area contributed by atoms with Crippen LogP contribution in [0.2, 0.25) is 0 Å². The zero-order chi connectivity index (χ0) is 9.68. The highest BCUT2D eigenvalue weighted by molar-refractivity contribution is 5.72. The lowest BCUT2D eigenvalue weighted by molar-refractivity contribution is -0.105. The molecule has 1 N–H and O–H groups in total. The summed E-state index contributed by atoms with van der Waals surface area (Å²) in [4.78, 5) is 14.5. The van der Waals surface area contributed by atoms with Gasteiger partial charge in [-0.1, -0.05) is 13.8 Å². The van der Waals surface area contributed by atoms with E-state index in [9.17, 15) is 4.79 Å². The molecule has 3 heteroatoms. The van der Waals surface area contributed by atoms with E-state index in [1.807, 2.05) is 12.1 Å². The molecule has 0 bridgehead atoms. The first-order valence-electron chi connectivity index (χ1n) is 4.44. The summed E-state index contributed by atoms with van der Waals surface area (Å²) in [5, 5.41) is 2.65. The fourth-order valence-corrected chi connectivity index (χ4v) is 1.19. The van der Waals surface area contributed by atoms with Gasteiger partial charge in [0.05, 0.1) is 11.4 Å². The highest BCUT2D eigenvalue weighted by atomic mass is 16.1. The first kappa shape index (κ1) is 9.71. The van der Waals surface area contributed by atoms with Crippen LogP contribution in [0.3, 0.4) is 0 Å². The van der Waals surface area contributed by atoms with E-state index in [2.05, 4.69) is 24.1 Å². The fourth-order valence-electron chi connectivity index (χ4n) is 1.19. The zero-order valence-corrected chi connectivity index (χ0v) is 7.95. The Morgan fingerprint density at radius 1 is 1.69 bits per heavy atom. The Kier molecular flexibility index (Phi) is 3.43. The van der Waals surface area contributed by atoms with Crippen LogP contribution in [0, 0.1) is 0 Å². The first-order chi connectivity index (χ1) is 6.29. The molecule has 1 aromatic rings. The van der Waals surface area contributed by atoms with Gasteiger partial charge in [-0.15, -0.1) is 0 Å². The standard InChI is InChI=1S/C10H14N2O/c1-3-8(2)10-9(12-7-13)5-4-6-11-10/h4-8H,3H2,1-2H3,(H,12,13). The molecule has 1 heterocycles. The van der Waals surface area contributed by atoms with Crippen molar-refractivity contribution in [3.63, 3.8) is 0 Å². The molecule has 0 spiro atoms. The Morgan fingerprint density at radius 3 is 3.08 bits per heavy atom. The molecule has 1 rings (SSSR count). The quantitative estimate of drug-likeness (QED) is 0.718. The van der Waals surface area contributed by atoms with Crippen LogP contribution in [-0.2, 0) is 4.79 Å². The number of nitrogens with zero attached hydrogens (tertiary/aromatic N) is 1. The Labute approximate surface area is 78.2 Å². The summed E-state index contributed by atoms with van der Waals surface area (Å²) < 4.78 is 0. The van der Waals surface area contributed by atoms with Gasteiger partial charge in [0, 0.05) is 12.1 Å². The van der Waals surface area contributed by atoms with Gasteiger partial charge in [0.2, 0.25) is 6.41 Å². The molecule has 70 valence electrons. The average Bonchev–Trinajstić information content (AvgIpc) is 2.18. The van der Waals surface area contributed by atoms with Gasteiger partial charge < -0.3 is 5.32 Å². The molecule has 0 aliphatic rings. The SMILES string of the molecule is CCC(C)c1ncccc1NC=O. The van der Waals surface area contributed by atoms with Crippen LogP contribution >= 0.6 is 0 Å². The molecule has 1 unspecified atom stereocenters. The van der Waals surface area contributed by atoms with E-state index in [1.54, 1.807) is 6.20 Å². The molecule has 3 nitrogen and oxygen atoms in total. The zero-order valence-electron chi connectivity index (χ0n) is 7.95. The average molecular weight is 178 g/mol. The second-order valence-electron chi connectivity index (χ2n) is 3.01. The lowest BCUT2D eigenvalue weighted by atomic mass is 10.0. The van der Waals surface area contributed by atoms with Gasteiger partial charge in [0.1, 0.15) is 0 Å².